The van der Waals surface area contributed by atoms with Crippen LogP contribution in [0, 0.1) is 0 Å². The number of aryl methyl sites for hydroxylation is 1. The summed E-state index contributed by atoms with van der Waals surface area (Å²) in [5.41, 5.74) is 4.53. The van der Waals surface area contributed by atoms with E-state index >= 15 is 0 Å². The third kappa shape index (κ3) is 7.11. The second-order valence-corrected chi connectivity index (χ2v) is 10.8. The van der Waals surface area contributed by atoms with Crippen LogP contribution in [-0.4, -0.2) is 50.2 Å². The lowest BCUT2D eigenvalue weighted by Crippen LogP contribution is -2.28. The van der Waals surface area contributed by atoms with E-state index in [0.29, 0.717) is 51.8 Å². The third-order valence-electron chi connectivity index (χ3n) is 7.20. The van der Waals surface area contributed by atoms with E-state index in [4.69, 9.17) is 20.8 Å². The number of methoxy groups -OCH3 is 1. The third-order valence-corrected chi connectivity index (χ3v) is 7.44. The molecule has 14 heteroatoms. The molecule has 1 unspecified atom stereocenters. The number of carbonyl (C=O) groups is 3. The molecule has 3 N–H and O–H groups in total. The van der Waals surface area contributed by atoms with Gasteiger partial charge in [0.25, 0.3) is 0 Å². The van der Waals surface area contributed by atoms with Gasteiger partial charge in [-0.1, -0.05) is 35.9 Å². The van der Waals surface area contributed by atoms with E-state index in [0.717, 1.165) is 11.1 Å². The SMILES string of the molecule is COC(=O)Nc1ccc2c(c1)NC(=O)CCc1cccc(c1)CC(NC(=O)C=Cc1cc(Cl)ccc1-n1cnnn1)c1ncc-2o1. The van der Waals surface area contributed by atoms with E-state index in [9.17, 15) is 14.4 Å². The molecule has 1 aliphatic rings. The van der Waals surface area contributed by atoms with Crippen molar-refractivity contribution in [2.75, 3.05) is 17.7 Å². The van der Waals surface area contributed by atoms with E-state index in [1.807, 2.05) is 24.3 Å². The van der Waals surface area contributed by atoms with E-state index in [1.54, 1.807) is 42.5 Å². The summed E-state index contributed by atoms with van der Waals surface area (Å²) in [6.45, 7) is 0. The fraction of sp³-hybridized carbons (Fsp3) is 0.156. The van der Waals surface area contributed by atoms with Crippen molar-refractivity contribution >= 4 is 47.0 Å². The van der Waals surface area contributed by atoms with Crippen LogP contribution in [0.1, 0.15) is 35.0 Å². The Morgan fingerprint density at radius 3 is 2.80 bits per heavy atom. The zero-order valence-electron chi connectivity index (χ0n) is 24.4. The molecule has 3 amide bonds. The fourth-order valence-corrected chi connectivity index (χ4v) is 5.21. The molecule has 0 radical (unpaired) electrons. The van der Waals surface area contributed by atoms with Gasteiger partial charge in [0, 0.05) is 40.8 Å². The van der Waals surface area contributed by atoms with Crippen molar-refractivity contribution in [3.8, 4) is 17.0 Å². The number of halogens is 1. The zero-order valence-corrected chi connectivity index (χ0v) is 25.2. The Hall–Kier alpha value is -5.82. The van der Waals surface area contributed by atoms with Crippen molar-refractivity contribution in [1.29, 1.82) is 0 Å². The van der Waals surface area contributed by atoms with Gasteiger partial charge in [0.1, 0.15) is 12.4 Å². The standard InChI is InChI=1S/C32H27ClN8O5/c1-45-32(44)36-23-8-9-24-25(16-23)37-29(42)11-5-19-3-2-4-20(13-19)14-26(31-34-17-28(24)46-31)38-30(43)12-6-21-15-22(33)7-10-27(21)41-18-35-39-40-41/h2-4,6-10,12-13,15-18,26H,5,11,14H2,1H3,(H,36,44)(H,37,42)(H,38,43). The summed E-state index contributed by atoms with van der Waals surface area (Å²) in [6, 6.07) is 17.3. The van der Waals surface area contributed by atoms with Crippen LogP contribution in [0.3, 0.4) is 0 Å². The predicted molar refractivity (Wildman–Crippen MR) is 169 cm³/mol. The number of aromatic nitrogens is 5. The Labute approximate surface area is 267 Å². The smallest absolute Gasteiger partial charge is 0.411 e. The Morgan fingerprint density at radius 2 is 1.98 bits per heavy atom. The Kier molecular flexibility index (Phi) is 8.83. The molecule has 1 aliphatic heterocycles. The predicted octanol–water partition coefficient (Wildman–Crippen LogP) is 5.15. The van der Waals surface area contributed by atoms with Crippen LogP contribution in [0.15, 0.2) is 83.7 Å². The van der Waals surface area contributed by atoms with Gasteiger partial charge >= 0.3 is 6.09 Å². The van der Waals surface area contributed by atoms with E-state index in [-0.39, 0.29) is 18.2 Å². The van der Waals surface area contributed by atoms with Gasteiger partial charge in [0.05, 0.1) is 24.7 Å². The molecule has 232 valence electrons. The number of carbonyl (C=O) groups excluding carboxylic acids is 3. The van der Waals surface area contributed by atoms with Crippen molar-refractivity contribution < 1.29 is 23.5 Å². The van der Waals surface area contributed by atoms with Gasteiger partial charge in [0.2, 0.25) is 17.7 Å². The molecule has 0 aliphatic carbocycles. The number of anilines is 2. The maximum atomic E-state index is 13.3. The number of hydrogen-bond donors (Lipinski definition) is 3. The van der Waals surface area contributed by atoms with Gasteiger partial charge in [-0.3, -0.25) is 14.9 Å². The van der Waals surface area contributed by atoms with Crippen LogP contribution in [0.2, 0.25) is 5.02 Å². The monoisotopic (exact) mass is 638 g/mol. The van der Waals surface area contributed by atoms with Crippen LogP contribution < -0.4 is 16.0 Å². The highest BCUT2D eigenvalue weighted by atomic mass is 35.5. The van der Waals surface area contributed by atoms with Gasteiger partial charge in [0.15, 0.2) is 5.76 Å². The summed E-state index contributed by atoms with van der Waals surface area (Å²) in [7, 11) is 1.26. The number of fused-ring (bicyclic) bond motifs is 6. The minimum absolute atomic E-state index is 0.210. The van der Waals surface area contributed by atoms with Crippen LogP contribution in [0.4, 0.5) is 16.2 Å². The molecule has 3 heterocycles. The summed E-state index contributed by atoms with van der Waals surface area (Å²) in [6.07, 6.45) is 6.45. The zero-order chi connectivity index (χ0) is 32.0. The van der Waals surface area contributed by atoms with E-state index in [2.05, 4.69) is 36.5 Å². The first kappa shape index (κ1) is 30.2. The average molecular weight is 639 g/mol. The number of amides is 3. The number of nitrogens with zero attached hydrogens (tertiary/aromatic N) is 5. The van der Waals surface area contributed by atoms with Crippen LogP contribution >= 0.6 is 11.6 Å². The summed E-state index contributed by atoms with van der Waals surface area (Å²) < 4.78 is 12.4. The second kappa shape index (κ2) is 13.4. The molecule has 46 heavy (non-hydrogen) atoms. The van der Waals surface area contributed by atoms with E-state index in [1.165, 1.54) is 30.4 Å². The first-order chi connectivity index (χ1) is 22.3. The highest BCUT2D eigenvalue weighted by Gasteiger charge is 2.23. The normalized spacial score (nSPS) is 14.6. The highest BCUT2D eigenvalue weighted by Crippen LogP contribution is 2.33. The molecule has 6 rings (SSSR count). The summed E-state index contributed by atoms with van der Waals surface area (Å²) in [5, 5.41) is 20.3. The Balaban J connectivity index is 1.33. The van der Waals surface area contributed by atoms with Crippen molar-refractivity contribution in [3.05, 3.63) is 107 Å². The average Bonchev–Trinajstić information content (AvgIpc) is 3.76. The molecule has 13 nitrogen and oxygen atoms in total. The second-order valence-electron chi connectivity index (χ2n) is 10.4. The first-order valence-electron chi connectivity index (χ1n) is 14.2. The number of oxazole rings is 1. The molecule has 1 atom stereocenters. The first-order valence-corrected chi connectivity index (χ1v) is 14.6. The van der Waals surface area contributed by atoms with Gasteiger partial charge in [-0.25, -0.2) is 9.78 Å². The lowest BCUT2D eigenvalue weighted by molar-refractivity contribution is -0.117. The number of nitrogens with one attached hydrogen (secondary N) is 3. The molecule has 0 fully saturated rings. The minimum Gasteiger partial charge on any atom is -0.453 e. The number of ether oxygens (including phenoxy) is 1. The number of benzene rings is 3. The molecule has 0 spiro atoms. The summed E-state index contributed by atoms with van der Waals surface area (Å²) in [4.78, 5) is 42.6. The number of hydrogen-bond acceptors (Lipinski definition) is 9. The quantitative estimate of drug-likeness (QED) is 0.221. The minimum atomic E-state index is -0.649. The van der Waals surface area contributed by atoms with Crippen LogP contribution in [0.25, 0.3) is 23.1 Å². The molecule has 5 aromatic rings. The molecule has 3 aromatic carbocycles. The maximum Gasteiger partial charge on any atom is 0.411 e. The lowest BCUT2D eigenvalue weighted by atomic mass is 10.0. The summed E-state index contributed by atoms with van der Waals surface area (Å²) in [5.74, 6) is 0.0281. The Bertz CT molecular complexity index is 1940. The van der Waals surface area contributed by atoms with Gasteiger partial charge in [-0.2, -0.15) is 4.68 Å². The topological polar surface area (TPSA) is 166 Å². The molecular weight excluding hydrogens is 612 g/mol. The fourth-order valence-electron chi connectivity index (χ4n) is 5.03. The maximum absolute atomic E-state index is 13.3. The van der Waals surface area contributed by atoms with Gasteiger partial charge in [-0.15, -0.1) is 5.10 Å². The molecule has 0 saturated heterocycles. The molecule has 4 bridgehead atoms. The van der Waals surface area contributed by atoms with Crippen molar-refractivity contribution in [1.82, 2.24) is 30.5 Å². The molecule has 0 saturated carbocycles. The lowest BCUT2D eigenvalue weighted by Gasteiger charge is -2.17. The molecule has 2 aromatic heterocycles. The van der Waals surface area contributed by atoms with Gasteiger partial charge < -0.3 is 19.8 Å². The number of tetrazole rings is 1. The van der Waals surface area contributed by atoms with Crippen molar-refractivity contribution in [2.45, 2.75) is 25.3 Å². The summed E-state index contributed by atoms with van der Waals surface area (Å²) >= 11 is 6.23. The number of rotatable bonds is 5. The molecular formula is C32H27ClN8O5. The van der Waals surface area contributed by atoms with Crippen LogP contribution in [0.5, 0.6) is 0 Å². The largest absolute Gasteiger partial charge is 0.453 e. The van der Waals surface area contributed by atoms with Gasteiger partial charge in [-0.05, 0) is 70.4 Å². The van der Waals surface area contributed by atoms with Crippen molar-refractivity contribution in [2.24, 2.45) is 0 Å². The highest BCUT2D eigenvalue weighted by molar-refractivity contribution is 6.30. The van der Waals surface area contributed by atoms with Crippen LogP contribution in [-0.2, 0) is 27.2 Å². The van der Waals surface area contributed by atoms with E-state index < -0.39 is 18.0 Å². The van der Waals surface area contributed by atoms with Crippen molar-refractivity contribution in [3.63, 3.8) is 0 Å². The Morgan fingerprint density at radius 1 is 1.11 bits per heavy atom.